The summed E-state index contributed by atoms with van der Waals surface area (Å²) in [6.45, 7) is 5.73. The lowest BCUT2D eigenvalue weighted by molar-refractivity contribution is 0.0971. The zero-order valence-electron chi connectivity index (χ0n) is 7.59. The highest BCUT2D eigenvalue weighted by atomic mass is 79.9. The molecule has 0 aromatic heterocycles. The Morgan fingerprint density at radius 3 is 2.85 bits per heavy atom. The van der Waals surface area contributed by atoms with Gasteiger partial charge in [0.15, 0.2) is 5.78 Å². The second kappa shape index (κ2) is 4.56. The van der Waals surface area contributed by atoms with Gasteiger partial charge in [-0.2, -0.15) is 0 Å². The number of Topliss-reactive ketones (excluding diaryl/α,β-unsaturated/α-hetero) is 1. The summed E-state index contributed by atoms with van der Waals surface area (Å²) in [7, 11) is 0. The molecule has 0 fully saturated rings. The van der Waals surface area contributed by atoms with Crippen molar-refractivity contribution < 1.29 is 4.79 Å². The minimum Gasteiger partial charge on any atom is -0.294 e. The first-order chi connectivity index (χ1) is 6.09. The summed E-state index contributed by atoms with van der Waals surface area (Å²) in [6.07, 6.45) is 0.510. The molecule has 0 aliphatic heterocycles. The molecule has 1 unspecified atom stereocenters. The maximum absolute atomic E-state index is 11.5. The van der Waals surface area contributed by atoms with Gasteiger partial charge in [-0.25, -0.2) is 0 Å². The molecule has 1 nitrogen and oxygen atoms in total. The minimum absolute atomic E-state index is 0.156. The topological polar surface area (TPSA) is 17.1 Å². The van der Waals surface area contributed by atoms with Crippen molar-refractivity contribution in [1.29, 1.82) is 0 Å². The van der Waals surface area contributed by atoms with Crippen LogP contribution in [0.4, 0.5) is 0 Å². The predicted octanol–water partition coefficient (Wildman–Crippen LogP) is 3.49. The Hall–Kier alpha value is -0.630. The summed E-state index contributed by atoms with van der Waals surface area (Å²) in [5.41, 5.74) is 0.755. The average molecular weight is 240 g/mol. The highest BCUT2D eigenvalue weighted by molar-refractivity contribution is 9.10. The van der Waals surface area contributed by atoms with E-state index in [2.05, 4.69) is 22.9 Å². The number of hydrogen-bond donors (Lipinski definition) is 0. The minimum atomic E-state index is 0.156. The van der Waals surface area contributed by atoms with Crippen LogP contribution in [0.15, 0.2) is 28.7 Å². The SMILES string of the molecule is [CH2]C(C)CC(=O)c1cccc(Br)c1. The average Bonchev–Trinajstić information content (AvgIpc) is 2.03. The second-order valence-electron chi connectivity index (χ2n) is 3.24. The van der Waals surface area contributed by atoms with Gasteiger partial charge in [0.1, 0.15) is 0 Å². The first-order valence-electron chi connectivity index (χ1n) is 4.21. The van der Waals surface area contributed by atoms with Crippen molar-refractivity contribution in [3.63, 3.8) is 0 Å². The number of halogens is 1. The maximum Gasteiger partial charge on any atom is 0.163 e. The summed E-state index contributed by atoms with van der Waals surface area (Å²) in [6, 6.07) is 7.44. The van der Waals surface area contributed by atoms with E-state index in [1.165, 1.54) is 0 Å². The van der Waals surface area contributed by atoms with Crippen molar-refractivity contribution in [3.05, 3.63) is 41.2 Å². The smallest absolute Gasteiger partial charge is 0.163 e. The van der Waals surface area contributed by atoms with Crippen LogP contribution in [-0.4, -0.2) is 5.78 Å². The lowest BCUT2D eigenvalue weighted by atomic mass is 10.0. The fourth-order valence-corrected chi connectivity index (χ4v) is 1.50. The fraction of sp³-hybridized carbons (Fsp3) is 0.273. The van der Waals surface area contributed by atoms with Crippen LogP contribution in [0.2, 0.25) is 0 Å². The van der Waals surface area contributed by atoms with Gasteiger partial charge in [-0.3, -0.25) is 4.79 Å². The van der Waals surface area contributed by atoms with Crippen LogP contribution < -0.4 is 0 Å². The molecule has 13 heavy (non-hydrogen) atoms. The summed E-state index contributed by atoms with van der Waals surface area (Å²) < 4.78 is 0.940. The number of ketones is 1. The van der Waals surface area contributed by atoms with E-state index in [1.54, 1.807) is 0 Å². The van der Waals surface area contributed by atoms with Crippen LogP contribution in [0.5, 0.6) is 0 Å². The zero-order valence-corrected chi connectivity index (χ0v) is 9.17. The number of rotatable bonds is 3. The van der Waals surface area contributed by atoms with E-state index in [0.717, 1.165) is 10.0 Å². The molecule has 2 heteroatoms. The molecule has 1 radical (unpaired) electrons. The Labute approximate surface area is 87.3 Å². The van der Waals surface area contributed by atoms with E-state index in [4.69, 9.17) is 0 Å². The molecule has 0 aliphatic rings. The third kappa shape index (κ3) is 3.31. The predicted molar refractivity (Wildman–Crippen MR) is 57.6 cm³/mol. The molecule has 1 aromatic carbocycles. The summed E-state index contributed by atoms with van der Waals surface area (Å²) in [4.78, 5) is 11.5. The molecule has 0 aliphatic carbocycles. The van der Waals surface area contributed by atoms with Crippen LogP contribution in [-0.2, 0) is 0 Å². The number of carbonyl (C=O) groups is 1. The van der Waals surface area contributed by atoms with E-state index < -0.39 is 0 Å². The lowest BCUT2D eigenvalue weighted by Gasteiger charge is -2.03. The first-order valence-corrected chi connectivity index (χ1v) is 5.00. The third-order valence-corrected chi connectivity index (χ3v) is 2.17. The Balaban J connectivity index is 2.77. The van der Waals surface area contributed by atoms with Gasteiger partial charge in [0, 0.05) is 16.5 Å². The van der Waals surface area contributed by atoms with Gasteiger partial charge in [-0.1, -0.05) is 41.9 Å². The van der Waals surface area contributed by atoms with E-state index in [9.17, 15) is 4.79 Å². The van der Waals surface area contributed by atoms with Crippen molar-refractivity contribution >= 4 is 21.7 Å². The Morgan fingerprint density at radius 1 is 1.62 bits per heavy atom. The van der Waals surface area contributed by atoms with Gasteiger partial charge < -0.3 is 0 Å². The van der Waals surface area contributed by atoms with Crippen molar-refractivity contribution in [2.45, 2.75) is 13.3 Å². The molecule has 0 heterocycles. The van der Waals surface area contributed by atoms with Crippen LogP contribution >= 0.6 is 15.9 Å². The van der Waals surface area contributed by atoms with Gasteiger partial charge in [0.05, 0.1) is 0 Å². The maximum atomic E-state index is 11.5. The Kier molecular flexibility index (Phi) is 3.67. The van der Waals surface area contributed by atoms with Crippen molar-refractivity contribution in [2.24, 2.45) is 5.92 Å². The van der Waals surface area contributed by atoms with Gasteiger partial charge in [-0.05, 0) is 18.1 Å². The highest BCUT2D eigenvalue weighted by Gasteiger charge is 2.07. The lowest BCUT2D eigenvalue weighted by Crippen LogP contribution is -2.03. The molecule has 0 saturated heterocycles. The number of carbonyl (C=O) groups excluding carboxylic acids is 1. The second-order valence-corrected chi connectivity index (χ2v) is 4.16. The molecule has 0 N–H and O–H groups in total. The van der Waals surface area contributed by atoms with Gasteiger partial charge in [0.2, 0.25) is 0 Å². The standard InChI is InChI=1S/C11H12BrO/c1-8(2)6-11(13)9-4-3-5-10(12)7-9/h3-5,7-8H,1,6H2,2H3. The third-order valence-electron chi connectivity index (χ3n) is 1.68. The quantitative estimate of drug-likeness (QED) is 0.739. The molecule has 0 spiro atoms. The van der Waals surface area contributed by atoms with E-state index in [0.29, 0.717) is 6.42 Å². The van der Waals surface area contributed by atoms with Crippen molar-refractivity contribution in [2.75, 3.05) is 0 Å². The van der Waals surface area contributed by atoms with Crippen LogP contribution in [0.25, 0.3) is 0 Å². The van der Waals surface area contributed by atoms with Gasteiger partial charge in [-0.15, -0.1) is 0 Å². The van der Waals surface area contributed by atoms with Crippen molar-refractivity contribution in [3.8, 4) is 0 Å². The van der Waals surface area contributed by atoms with Gasteiger partial charge in [0.25, 0.3) is 0 Å². The molecule has 0 amide bonds. The normalized spacial score (nSPS) is 10.5. The summed E-state index contributed by atoms with van der Waals surface area (Å²) in [5, 5.41) is 0. The Morgan fingerprint density at radius 2 is 2.31 bits per heavy atom. The van der Waals surface area contributed by atoms with Crippen LogP contribution in [0.1, 0.15) is 23.7 Å². The van der Waals surface area contributed by atoms with E-state index in [1.807, 2.05) is 31.2 Å². The molecule has 1 rings (SSSR count). The number of hydrogen-bond acceptors (Lipinski definition) is 1. The monoisotopic (exact) mass is 239 g/mol. The zero-order chi connectivity index (χ0) is 9.84. The highest BCUT2D eigenvalue weighted by Crippen LogP contribution is 2.14. The summed E-state index contributed by atoms with van der Waals surface area (Å²) in [5.74, 6) is 0.329. The number of benzene rings is 1. The molecule has 69 valence electrons. The molecular weight excluding hydrogens is 228 g/mol. The fourth-order valence-electron chi connectivity index (χ4n) is 1.10. The van der Waals surface area contributed by atoms with Crippen LogP contribution in [0, 0.1) is 12.8 Å². The Bertz CT molecular complexity index is 305. The van der Waals surface area contributed by atoms with E-state index >= 15 is 0 Å². The largest absolute Gasteiger partial charge is 0.294 e. The molecule has 0 saturated carbocycles. The first kappa shape index (κ1) is 10.5. The van der Waals surface area contributed by atoms with Gasteiger partial charge >= 0.3 is 0 Å². The summed E-state index contributed by atoms with van der Waals surface area (Å²) >= 11 is 3.33. The van der Waals surface area contributed by atoms with Crippen LogP contribution in [0.3, 0.4) is 0 Å². The molecule has 0 bridgehead atoms. The van der Waals surface area contributed by atoms with E-state index in [-0.39, 0.29) is 11.7 Å². The molecule has 1 aromatic rings. The molecular formula is C11H12BrO. The molecule has 1 atom stereocenters. The van der Waals surface area contributed by atoms with Crippen molar-refractivity contribution in [1.82, 2.24) is 0 Å².